The smallest absolute Gasteiger partial charge is 0.321 e. The third-order valence-electron chi connectivity index (χ3n) is 5.16. The Bertz CT molecular complexity index is 990. The van der Waals surface area contributed by atoms with Crippen LogP contribution < -0.4 is 15.5 Å². The normalized spacial score (nSPS) is 15.1. The summed E-state index contributed by atoms with van der Waals surface area (Å²) in [5.74, 6) is -0.446. The molecule has 0 saturated carbocycles. The number of imide groups is 1. The molecule has 168 valence electrons. The molecule has 2 N–H and O–H groups in total. The number of hydrogen-bond acceptors (Lipinski definition) is 8. The molecule has 0 spiro atoms. The van der Waals surface area contributed by atoms with E-state index in [1.807, 2.05) is 0 Å². The van der Waals surface area contributed by atoms with Crippen molar-refractivity contribution in [2.45, 2.75) is 53.0 Å². The average Bonchev–Trinajstić information content (AvgIpc) is 2.98. The van der Waals surface area contributed by atoms with E-state index in [9.17, 15) is 14.4 Å². The maximum absolute atomic E-state index is 12.4. The van der Waals surface area contributed by atoms with Crippen molar-refractivity contribution in [1.29, 1.82) is 0 Å². The second kappa shape index (κ2) is 9.17. The lowest BCUT2D eigenvalue weighted by atomic mass is 9.97. The number of hydrogen-bond donors (Lipinski definition) is 2. The molecule has 0 aromatic carbocycles. The molecule has 3 rings (SSSR count). The van der Waals surface area contributed by atoms with Gasteiger partial charge in [0, 0.05) is 23.5 Å². The highest BCUT2D eigenvalue weighted by Crippen LogP contribution is 2.35. The Morgan fingerprint density at radius 2 is 1.87 bits per heavy atom. The Morgan fingerprint density at radius 1 is 1.19 bits per heavy atom. The summed E-state index contributed by atoms with van der Waals surface area (Å²) in [4.78, 5) is 49.2. The third-order valence-corrected chi connectivity index (χ3v) is 6.28. The fraction of sp³-hybridized carbons (Fsp3) is 0.571. The fourth-order valence-electron chi connectivity index (χ4n) is 3.52. The number of urea groups is 1. The first kappa shape index (κ1) is 22.9. The molecule has 3 heterocycles. The molecule has 10 heteroatoms. The molecule has 1 aliphatic heterocycles. The lowest BCUT2D eigenvalue weighted by molar-refractivity contribution is -0.153. The van der Waals surface area contributed by atoms with Crippen LogP contribution in [0.5, 0.6) is 0 Å². The van der Waals surface area contributed by atoms with E-state index in [0.717, 1.165) is 16.0 Å². The fourth-order valence-corrected chi connectivity index (χ4v) is 4.51. The van der Waals surface area contributed by atoms with Crippen molar-refractivity contribution in [2.75, 3.05) is 24.6 Å². The molecule has 0 unspecified atom stereocenters. The zero-order chi connectivity index (χ0) is 22.8. The predicted molar refractivity (Wildman–Crippen MR) is 119 cm³/mol. The molecule has 1 fully saturated rings. The number of carbonyl (C=O) groups is 3. The molecular weight excluding hydrogens is 418 g/mol. The van der Waals surface area contributed by atoms with E-state index >= 15 is 0 Å². The summed E-state index contributed by atoms with van der Waals surface area (Å²) >= 11 is 1.66. The number of nitrogens with zero attached hydrogens (tertiary/aromatic N) is 3. The molecule has 1 aliphatic rings. The van der Waals surface area contributed by atoms with Crippen molar-refractivity contribution in [2.24, 2.45) is 5.92 Å². The van der Waals surface area contributed by atoms with Crippen LogP contribution >= 0.6 is 11.3 Å². The first-order valence-electron chi connectivity index (χ1n) is 10.3. The second-order valence-corrected chi connectivity index (χ2v) is 9.99. The number of aryl methyl sites for hydroxylation is 2. The van der Waals surface area contributed by atoms with Crippen LogP contribution in [0, 0.1) is 19.8 Å². The minimum absolute atomic E-state index is 0.282. The molecule has 9 nitrogen and oxygen atoms in total. The minimum Gasteiger partial charge on any atom is -0.455 e. The Kier molecular flexibility index (Phi) is 6.78. The van der Waals surface area contributed by atoms with Crippen molar-refractivity contribution in [1.82, 2.24) is 20.6 Å². The Labute approximate surface area is 185 Å². The van der Waals surface area contributed by atoms with Gasteiger partial charge >= 0.3 is 12.0 Å². The summed E-state index contributed by atoms with van der Waals surface area (Å²) in [6, 6.07) is -0.614. The summed E-state index contributed by atoms with van der Waals surface area (Å²) in [5, 5.41) is 5.85. The number of fused-ring (bicyclic) bond motifs is 1. The molecule has 0 aliphatic carbocycles. The van der Waals surface area contributed by atoms with E-state index in [2.05, 4.69) is 39.3 Å². The van der Waals surface area contributed by atoms with E-state index in [4.69, 9.17) is 4.74 Å². The van der Waals surface area contributed by atoms with Crippen LogP contribution in [0.4, 0.5) is 10.6 Å². The second-order valence-electron chi connectivity index (χ2n) is 8.78. The minimum atomic E-state index is -0.654. The van der Waals surface area contributed by atoms with Crippen molar-refractivity contribution in [3.05, 3.63) is 16.8 Å². The summed E-state index contributed by atoms with van der Waals surface area (Å²) in [6.45, 7) is 10.4. The number of piperidine rings is 1. The highest BCUT2D eigenvalue weighted by molar-refractivity contribution is 7.18. The van der Waals surface area contributed by atoms with Crippen molar-refractivity contribution in [3.63, 3.8) is 0 Å². The van der Waals surface area contributed by atoms with E-state index in [1.54, 1.807) is 38.4 Å². The Morgan fingerprint density at radius 3 is 2.52 bits per heavy atom. The number of esters is 1. The summed E-state index contributed by atoms with van der Waals surface area (Å²) in [7, 11) is 0. The lowest BCUT2D eigenvalue weighted by Crippen LogP contribution is -2.49. The van der Waals surface area contributed by atoms with Crippen LogP contribution in [0.2, 0.25) is 0 Å². The van der Waals surface area contributed by atoms with Gasteiger partial charge in [-0.15, -0.1) is 11.3 Å². The number of ether oxygens (including phenoxy) is 1. The van der Waals surface area contributed by atoms with E-state index in [-0.39, 0.29) is 5.92 Å². The number of thiophene rings is 1. The van der Waals surface area contributed by atoms with Gasteiger partial charge < -0.3 is 15.0 Å². The highest BCUT2D eigenvalue weighted by atomic mass is 32.1. The molecule has 31 heavy (non-hydrogen) atoms. The molecule has 0 atom stereocenters. The van der Waals surface area contributed by atoms with Gasteiger partial charge in [-0.05, 0) is 53.0 Å². The number of rotatable bonds is 4. The van der Waals surface area contributed by atoms with Crippen LogP contribution in [-0.4, -0.2) is 53.1 Å². The van der Waals surface area contributed by atoms with Gasteiger partial charge in [0.1, 0.15) is 17.0 Å². The van der Waals surface area contributed by atoms with Gasteiger partial charge in [-0.2, -0.15) is 0 Å². The summed E-state index contributed by atoms with van der Waals surface area (Å²) in [5.41, 5.74) is 0.725. The first-order valence-corrected chi connectivity index (χ1v) is 11.1. The molecule has 3 amide bonds. The van der Waals surface area contributed by atoms with Gasteiger partial charge in [-0.1, -0.05) is 0 Å². The molecule has 0 bridgehead atoms. The average molecular weight is 448 g/mol. The Hall–Kier alpha value is -2.75. The third kappa shape index (κ3) is 5.69. The molecule has 2 aromatic rings. The van der Waals surface area contributed by atoms with E-state index in [1.165, 1.54) is 10.4 Å². The van der Waals surface area contributed by atoms with Gasteiger partial charge in [-0.3, -0.25) is 14.9 Å². The van der Waals surface area contributed by atoms with Crippen LogP contribution in [0.15, 0.2) is 6.33 Å². The van der Waals surface area contributed by atoms with Crippen LogP contribution in [0.1, 0.15) is 44.1 Å². The van der Waals surface area contributed by atoms with Gasteiger partial charge in [0.15, 0.2) is 6.61 Å². The number of amides is 3. The highest BCUT2D eigenvalue weighted by Gasteiger charge is 2.29. The molecular formula is C21H29N5O4S. The zero-order valence-electron chi connectivity index (χ0n) is 18.6. The molecule has 1 saturated heterocycles. The number of aromatic nitrogens is 2. The van der Waals surface area contributed by atoms with E-state index < -0.39 is 30.1 Å². The van der Waals surface area contributed by atoms with Gasteiger partial charge in [0.25, 0.3) is 5.91 Å². The molecule has 2 aromatic heterocycles. The van der Waals surface area contributed by atoms with Crippen LogP contribution in [0.25, 0.3) is 10.2 Å². The standard InChI is InChI=1S/C21H29N5O4S/c1-12-13(2)31-18-16(12)17(22-11-23-18)26-8-6-14(7-9-26)19(28)30-10-15(27)24-20(29)25-21(3,4)5/h11,14H,6-10H2,1-5H3,(H2,24,25,27,29). The maximum Gasteiger partial charge on any atom is 0.321 e. The van der Waals surface area contributed by atoms with E-state index in [0.29, 0.717) is 25.9 Å². The first-order chi connectivity index (χ1) is 14.5. The topological polar surface area (TPSA) is 114 Å². The number of carbonyl (C=O) groups excluding carboxylic acids is 3. The van der Waals surface area contributed by atoms with Crippen molar-refractivity contribution in [3.8, 4) is 0 Å². The van der Waals surface area contributed by atoms with Crippen molar-refractivity contribution < 1.29 is 19.1 Å². The van der Waals surface area contributed by atoms with Crippen molar-refractivity contribution >= 4 is 45.3 Å². The maximum atomic E-state index is 12.4. The number of nitrogens with one attached hydrogen (secondary N) is 2. The monoisotopic (exact) mass is 447 g/mol. The Balaban J connectivity index is 1.50. The summed E-state index contributed by atoms with van der Waals surface area (Å²) in [6.07, 6.45) is 2.80. The number of anilines is 1. The van der Waals surface area contributed by atoms with Gasteiger partial charge in [-0.25, -0.2) is 14.8 Å². The quantitative estimate of drug-likeness (QED) is 0.693. The lowest BCUT2D eigenvalue weighted by Gasteiger charge is -2.32. The molecule has 0 radical (unpaired) electrons. The largest absolute Gasteiger partial charge is 0.455 e. The van der Waals surface area contributed by atoms with Crippen LogP contribution in [-0.2, 0) is 14.3 Å². The van der Waals surface area contributed by atoms with Gasteiger partial charge in [0.05, 0.1) is 11.3 Å². The zero-order valence-corrected chi connectivity index (χ0v) is 19.4. The van der Waals surface area contributed by atoms with Crippen LogP contribution in [0.3, 0.4) is 0 Å². The predicted octanol–water partition coefficient (Wildman–Crippen LogP) is 2.69. The SMILES string of the molecule is Cc1sc2ncnc(N3CCC(C(=O)OCC(=O)NC(=O)NC(C)(C)C)CC3)c2c1C. The van der Waals surface area contributed by atoms with Gasteiger partial charge in [0.2, 0.25) is 0 Å². The summed E-state index contributed by atoms with van der Waals surface area (Å²) < 4.78 is 5.13.